The molecule has 13 heavy (non-hydrogen) atoms. The average Bonchev–Trinajstić information content (AvgIpc) is 2.04. The largest absolute Gasteiger partial charge is 1.00 e. The van der Waals surface area contributed by atoms with Crippen molar-refractivity contribution in [3.63, 3.8) is 0 Å². The van der Waals surface area contributed by atoms with Crippen molar-refractivity contribution >= 4 is 11.9 Å². The number of hydrogen-bond donors (Lipinski definition) is 0. The minimum Gasteiger partial charge on any atom is -1.00 e. The van der Waals surface area contributed by atoms with Gasteiger partial charge in [0.25, 0.3) is 0 Å². The Balaban J connectivity index is 0.00000144. The van der Waals surface area contributed by atoms with Crippen LogP contribution in [0.5, 0.6) is 0 Å². The number of carbonyl (C=O) groups excluding carboxylic acids is 2. The Bertz CT molecular complexity index is 305. The summed E-state index contributed by atoms with van der Waals surface area (Å²) in [5.74, 6) is -2.81. The summed E-state index contributed by atoms with van der Waals surface area (Å²) < 4.78 is 0. The number of benzene rings is 1. The Hall–Kier alpha value is -1.55. The van der Waals surface area contributed by atoms with Crippen molar-refractivity contribution in [2.45, 2.75) is 0 Å². The van der Waals surface area contributed by atoms with E-state index in [1.54, 1.807) is 0 Å². The van der Waals surface area contributed by atoms with Gasteiger partial charge < -0.3 is 32.2 Å². The molecular weight excluding hydrogens is 196 g/mol. The van der Waals surface area contributed by atoms with E-state index in [4.69, 9.17) is 0 Å². The van der Waals surface area contributed by atoms with Crippen molar-refractivity contribution in [3.05, 3.63) is 35.4 Å². The predicted octanol–water partition coefficient (Wildman–Crippen LogP) is -4.58. The topological polar surface area (TPSA) is 80.3 Å². The van der Waals surface area contributed by atoms with Crippen molar-refractivity contribution < 1.29 is 32.2 Å². The molecule has 1 rings (SSSR count). The number of carboxylic acid groups (broad SMARTS) is 2. The summed E-state index contributed by atoms with van der Waals surface area (Å²) in [6.07, 6.45) is 0. The minimum atomic E-state index is -1.40. The van der Waals surface area contributed by atoms with Gasteiger partial charge in [-0.2, -0.15) is 0 Å². The first kappa shape index (κ1) is 11.4. The molecule has 0 aliphatic heterocycles. The van der Waals surface area contributed by atoms with Crippen LogP contribution < -0.4 is 22.6 Å². The van der Waals surface area contributed by atoms with Gasteiger partial charge in [0.05, 0.1) is 11.9 Å². The molecule has 0 heterocycles. The van der Waals surface area contributed by atoms with Gasteiger partial charge in [0.2, 0.25) is 0 Å². The van der Waals surface area contributed by atoms with E-state index >= 15 is 0 Å². The van der Waals surface area contributed by atoms with E-state index in [1.807, 2.05) is 0 Å². The van der Waals surface area contributed by atoms with Crippen LogP contribution >= 0.6 is 0 Å². The van der Waals surface area contributed by atoms with Crippen LogP contribution in [0.25, 0.3) is 0 Å². The molecule has 70 valence electrons. The monoisotopic (exact) mass is 199 g/mol. The van der Waals surface area contributed by atoms with E-state index in [1.165, 1.54) is 18.2 Å². The highest BCUT2D eigenvalue weighted by molar-refractivity contribution is 5.91. The number of carbonyl (C=O) groups is 2. The van der Waals surface area contributed by atoms with E-state index < -0.39 is 11.9 Å². The highest BCUT2D eigenvalue weighted by Crippen LogP contribution is 2.02. The van der Waals surface area contributed by atoms with E-state index in [0.29, 0.717) is 0 Å². The summed E-state index contributed by atoms with van der Waals surface area (Å²) in [6.45, 7) is 0. The lowest BCUT2D eigenvalue weighted by Gasteiger charge is -2.05. The van der Waals surface area contributed by atoms with Crippen LogP contribution in [0.15, 0.2) is 24.3 Å². The van der Waals surface area contributed by atoms with Crippen LogP contribution in [0.1, 0.15) is 20.7 Å². The zero-order chi connectivity index (χ0) is 9.14. The number of halogens is 1. The lowest BCUT2D eigenvalue weighted by Crippen LogP contribution is -3.00. The van der Waals surface area contributed by atoms with Gasteiger partial charge in [-0.3, -0.25) is 0 Å². The molecule has 0 atom stereocenters. The second-order valence-corrected chi connectivity index (χ2v) is 2.16. The second kappa shape index (κ2) is 4.47. The lowest BCUT2D eigenvalue weighted by molar-refractivity contribution is -0.255. The molecule has 0 spiro atoms. The maximum absolute atomic E-state index is 10.3. The van der Waals surface area contributed by atoms with Gasteiger partial charge in [-0.1, -0.05) is 18.2 Å². The van der Waals surface area contributed by atoms with Gasteiger partial charge in [0.1, 0.15) is 0 Å². The average molecular weight is 200 g/mol. The summed E-state index contributed by atoms with van der Waals surface area (Å²) in [4.78, 5) is 20.5. The van der Waals surface area contributed by atoms with Crippen LogP contribution in [-0.4, -0.2) is 11.9 Å². The van der Waals surface area contributed by atoms with Crippen molar-refractivity contribution in [2.24, 2.45) is 0 Å². The molecule has 0 amide bonds. The molecule has 0 saturated carbocycles. The summed E-state index contributed by atoms with van der Waals surface area (Å²) in [5, 5.41) is 20.5. The zero-order valence-electron chi connectivity index (χ0n) is 6.32. The van der Waals surface area contributed by atoms with E-state index in [9.17, 15) is 19.8 Å². The summed E-state index contributed by atoms with van der Waals surface area (Å²) >= 11 is 0. The number of hydrogen-bond acceptors (Lipinski definition) is 4. The number of aromatic carboxylic acids is 2. The molecular formula is C8H4ClO4-3. The van der Waals surface area contributed by atoms with Crippen molar-refractivity contribution in [3.8, 4) is 0 Å². The molecule has 0 aliphatic carbocycles. The normalized spacial score (nSPS) is 8.62. The fraction of sp³-hybridized carbons (Fsp3) is 0. The zero-order valence-corrected chi connectivity index (χ0v) is 7.08. The fourth-order valence-electron chi connectivity index (χ4n) is 0.773. The van der Waals surface area contributed by atoms with E-state index in [2.05, 4.69) is 0 Å². The van der Waals surface area contributed by atoms with Crippen LogP contribution in [0.3, 0.4) is 0 Å². The molecule has 0 aliphatic rings. The third-order valence-electron chi connectivity index (χ3n) is 1.33. The standard InChI is InChI=1S/C8H6O4.ClH/c9-7(10)5-2-1-3-6(4-5)8(11)12;/h1-4H,(H,9,10)(H,11,12);1H/p-3. The third kappa shape index (κ3) is 2.76. The molecule has 0 N–H and O–H groups in total. The first-order valence-electron chi connectivity index (χ1n) is 3.14. The minimum absolute atomic E-state index is 0. The van der Waals surface area contributed by atoms with Crippen LogP contribution in [0.4, 0.5) is 0 Å². The van der Waals surface area contributed by atoms with Crippen molar-refractivity contribution in [1.82, 2.24) is 0 Å². The van der Waals surface area contributed by atoms with E-state index in [0.717, 1.165) is 6.07 Å². The number of carboxylic acids is 2. The molecule has 0 radical (unpaired) electrons. The summed E-state index contributed by atoms with van der Waals surface area (Å²) in [7, 11) is 0. The quantitative estimate of drug-likeness (QED) is 0.480. The molecule has 0 bridgehead atoms. The maximum Gasteiger partial charge on any atom is 0.0715 e. The number of rotatable bonds is 2. The Morgan fingerprint density at radius 1 is 1.00 bits per heavy atom. The van der Waals surface area contributed by atoms with Crippen LogP contribution in [0, 0.1) is 0 Å². The highest BCUT2D eigenvalue weighted by Gasteiger charge is 1.96. The van der Waals surface area contributed by atoms with Gasteiger partial charge in [0, 0.05) is 0 Å². The Morgan fingerprint density at radius 3 is 1.69 bits per heavy atom. The molecule has 4 nitrogen and oxygen atoms in total. The Kier molecular flexibility index (Phi) is 3.94. The highest BCUT2D eigenvalue weighted by atomic mass is 35.5. The molecule has 0 unspecified atom stereocenters. The van der Waals surface area contributed by atoms with Gasteiger partial charge in [-0.25, -0.2) is 0 Å². The predicted molar refractivity (Wildman–Crippen MR) is 35.1 cm³/mol. The maximum atomic E-state index is 10.3. The Morgan fingerprint density at radius 2 is 1.38 bits per heavy atom. The van der Waals surface area contributed by atoms with E-state index in [-0.39, 0.29) is 23.5 Å². The summed E-state index contributed by atoms with van der Waals surface area (Å²) in [6, 6.07) is 4.81. The first-order chi connectivity index (χ1) is 5.61. The summed E-state index contributed by atoms with van der Waals surface area (Å²) in [5.41, 5.74) is -0.339. The van der Waals surface area contributed by atoms with Gasteiger partial charge in [0.15, 0.2) is 0 Å². The molecule has 5 heteroatoms. The molecule has 1 aromatic carbocycles. The van der Waals surface area contributed by atoms with Crippen LogP contribution in [0.2, 0.25) is 0 Å². The lowest BCUT2D eigenvalue weighted by atomic mass is 10.1. The fourth-order valence-corrected chi connectivity index (χ4v) is 0.773. The first-order valence-corrected chi connectivity index (χ1v) is 3.14. The van der Waals surface area contributed by atoms with Gasteiger partial charge >= 0.3 is 0 Å². The van der Waals surface area contributed by atoms with Crippen molar-refractivity contribution in [1.29, 1.82) is 0 Å². The van der Waals surface area contributed by atoms with Crippen LogP contribution in [-0.2, 0) is 0 Å². The van der Waals surface area contributed by atoms with Crippen molar-refractivity contribution in [2.75, 3.05) is 0 Å². The molecule has 0 fully saturated rings. The second-order valence-electron chi connectivity index (χ2n) is 2.16. The SMILES string of the molecule is O=C([O-])c1cccc(C(=O)[O-])c1.[Cl-]. The third-order valence-corrected chi connectivity index (χ3v) is 1.33. The molecule has 0 aromatic heterocycles. The Labute approximate surface area is 80.2 Å². The van der Waals surface area contributed by atoms with Gasteiger partial charge in [-0.15, -0.1) is 0 Å². The molecule has 0 saturated heterocycles. The molecule has 1 aromatic rings. The smallest absolute Gasteiger partial charge is 0.0715 e. The van der Waals surface area contributed by atoms with Gasteiger partial charge in [-0.05, 0) is 17.2 Å².